The highest BCUT2D eigenvalue weighted by molar-refractivity contribution is 5.91. The number of anilines is 1. The van der Waals surface area contributed by atoms with Crippen molar-refractivity contribution in [3.63, 3.8) is 0 Å². The molecular weight excluding hydrogens is 303 g/mol. The number of nitrogens with one attached hydrogen (secondary N) is 1. The molecule has 0 radical (unpaired) electrons. The molecule has 23 heavy (non-hydrogen) atoms. The summed E-state index contributed by atoms with van der Waals surface area (Å²) in [6.45, 7) is 3.13. The zero-order valence-electron chi connectivity index (χ0n) is 13.0. The van der Waals surface area contributed by atoms with Crippen molar-refractivity contribution in [3.05, 3.63) is 24.0 Å². The fourth-order valence-corrected chi connectivity index (χ4v) is 2.45. The molecule has 2 N–H and O–H groups in total. The number of likely N-dealkylation sites (tertiary alicyclic amines) is 1. The Balaban J connectivity index is 1.99. The van der Waals surface area contributed by atoms with Crippen LogP contribution in [0.15, 0.2) is 18.2 Å². The predicted molar refractivity (Wildman–Crippen MR) is 83.1 cm³/mol. The van der Waals surface area contributed by atoms with E-state index in [4.69, 9.17) is 9.84 Å². The molecule has 1 aromatic rings. The van der Waals surface area contributed by atoms with Crippen LogP contribution in [-0.2, 0) is 4.79 Å². The molecule has 0 aromatic heterocycles. The van der Waals surface area contributed by atoms with Crippen molar-refractivity contribution >= 4 is 17.7 Å². The average molecular weight is 324 g/mol. The molecule has 2 amide bonds. The molecule has 1 aliphatic rings. The van der Waals surface area contributed by atoms with Gasteiger partial charge in [0.1, 0.15) is 11.6 Å². The number of piperidine rings is 1. The van der Waals surface area contributed by atoms with E-state index in [2.05, 4.69) is 5.32 Å². The van der Waals surface area contributed by atoms with Gasteiger partial charge in [0.25, 0.3) is 0 Å². The molecule has 1 saturated heterocycles. The molecule has 1 aromatic carbocycles. The maximum absolute atomic E-state index is 13.3. The molecule has 6 nitrogen and oxygen atoms in total. The maximum Gasteiger partial charge on any atom is 0.321 e. The second kappa shape index (κ2) is 7.80. The van der Waals surface area contributed by atoms with Gasteiger partial charge in [0.15, 0.2) is 0 Å². The lowest BCUT2D eigenvalue weighted by atomic mass is 9.97. The van der Waals surface area contributed by atoms with Crippen LogP contribution < -0.4 is 10.1 Å². The molecule has 7 heteroatoms. The highest BCUT2D eigenvalue weighted by Crippen LogP contribution is 2.26. The number of rotatable bonds is 5. The number of nitrogens with zero attached hydrogens (tertiary/aromatic N) is 1. The van der Waals surface area contributed by atoms with Crippen LogP contribution in [0.1, 0.15) is 26.2 Å². The van der Waals surface area contributed by atoms with Crippen LogP contribution in [0.5, 0.6) is 5.75 Å². The minimum absolute atomic E-state index is 0.292. The van der Waals surface area contributed by atoms with Crippen molar-refractivity contribution in [1.82, 2.24) is 4.90 Å². The topological polar surface area (TPSA) is 78.9 Å². The number of hydrogen-bond acceptors (Lipinski definition) is 3. The van der Waals surface area contributed by atoms with Gasteiger partial charge in [-0.05, 0) is 31.4 Å². The first kappa shape index (κ1) is 17.1. The van der Waals surface area contributed by atoms with Gasteiger partial charge in [0.2, 0.25) is 0 Å². The van der Waals surface area contributed by atoms with Gasteiger partial charge in [-0.3, -0.25) is 4.79 Å². The normalized spacial score (nSPS) is 15.3. The number of hydrogen-bond donors (Lipinski definition) is 2. The number of halogens is 1. The van der Waals surface area contributed by atoms with Crippen molar-refractivity contribution in [2.75, 3.05) is 25.0 Å². The summed E-state index contributed by atoms with van der Waals surface area (Å²) in [7, 11) is 0. The molecule has 0 aliphatic carbocycles. The standard InChI is InChI=1S/C16H21FN2O4/c1-2-9-23-14-10-12(17)3-4-13(14)18-16(22)19-7-5-11(6-8-19)15(20)21/h3-4,10-11H,2,5-9H2,1H3,(H,18,22)(H,20,21). The lowest BCUT2D eigenvalue weighted by Gasteiger charge is -2.30. The fourth-order valence-electron chi connectivity index (χ4n) is 2.45. The monoisotopic (exact) mass is 324 g/mol. The maximum atomic E-state index is 13.3. The number of urea groups is 1. The van der Waals surface area contributed by atoms with Crippen LogP contribution in [0.2, 0.25) is 0 Å². The van der Waals surface area contributed by atoms with Crippen LogP contribution in [0.4, 0.5) is 14.9 Å². The van der Waals surface area contributed by atoms with Crippen LogP contribution in [0.25, 0.3) is 0 Å². The first-order valence-corrected chi connectivity index (χ1v) is 7.72. The van der Waals surface area contributed by atoms with Crippen molar-refractivity contribution in [2.45, 2.75) is 26.2 Å². The van der Waals surface area contributed by atoms with Gasteiger partial charge in [0.05, 0.1) is 18.2 Å². The van der Waals surface area contributed by atoms with Crippen molar-refractivity contribution < 1.29 is 23.8 Å². The third-order valence-corrected chi connectivity index (χ3v) is 3.78. The number of aliphatic carboxylic acids is 1. The van der Waals surface area contributed by atoms with E-state index < -0.39 is 17.7 Å². The summed E-state index contributed by atoms with van der Waals surface area (Å²) < 4.78 is 18.8. The van der Waals surface area contributed by atoms with Gasteiger partial charge < -0.3 is 20.1 Å². The minimum atomic E-state index is -0.821. The average Bonchev–Trinajstić information content (AvgIpc) is 2.55. The molecule has 1 fully saturated rings. The van der Waals surface area contributed by atoms with Crippen LogP contribution in [-0.4, -0.2) is 41.7 Å². The Morgan fingerprint density at radius 2 is 2.09 bits per heavy atom. The van der Waals surface area contributed by atoms with Gasteiger partial charge in [-0.15, -0.1) is 0 Å². The summed E-state index contributed by atoms with van der Waals surface area (Å²) in [5.74, 6) is -1.36. The van der Waals surface area contributed by atoms with Crippen molar-refractivity contribution in [3.8, 4) is 5.75 Å². The second-order valence-electron chi connectivity index (χ2n) is 5.52. The SMILES string of the molecule is CCCOc1cc(F)ccc1NC(=O)N1CCC(C(=O)O)CC1. The van der Waals surface area contributed by atoms with Gasteiger partial charge >= 0.3 is 12.0 Å². The van der Waals surface area contributed by atoms with E-state index in [1.165, 1.54) is 18.2 Å². The first-order chi connectivity index (χ1) is 11.0. The largest absolute Gasteiger partial charge is 0.491 e. The van der Waals surface area contributed by atoms with E-state index >= 15 is 0 Å². The highest BCUT2D eigenvalue weighted by Gasteiger charge is 2.27. The number of carbonyl (C=O) groups is 2. The van der Waals surface area contributed by atoms with E-state index in [1.54, 1.807) is 4.90 Å². The summed E-state index contributed by atoms with van der Waals surface area (Å²) >= 11 is 0. The fraction of sp³-hybridized carbons (Fsp3) is 0.500. The summed E-state index contributed by atoms with van der Waals surface area (Å²) in [6, 6.07) is 3.62. The smallest absolute Gasteiger partial charge is 0.321 e. The van der Waals surface area contributed by atoms with Crippen LogP contribution >= 0.6 is 0 Å². The number of carboxylic acid groups (broad SMARTS) is 1. The van der Waals surface area contributed by atoms with E-state index in [-0.39, 0.29) is 6.03 Å². The Morgan fingerprint density at radius 3 is 2.70 bits per heavy atom. The molecular formula is C16H21FN2O4. The quantitative estimate of drug-likeness (QED) is 0.873. The van der Waals surface area contributed by atoms with Gasteiger partial charge in [-0.1, -0.05) is 6.92 Å². The van der Waals surface area contributed by atoms with Crippen LogP contribution in [0, 0.1) is 11.7 Å². The van der Waals surface area contributed by atoms with E-state index in [0.29, 0.717) is 44.0 Å². The third kappa shape index (κ3) is 4.58. The Hall–Kier alpha value is -2.31. The number of ether oxygens (including phenoxy) is 1. The lowest BCUT2D eigenvalue weighted by molar-refractivity contribution is -0.143. The summed E-state index contributed by atoms with van der Waals surface area (Å²) in [4.78, 5) is 24.8. The molecule has 126 valence electrons. The Labute approximate surface area is 134 Å². The second-order valence-corrected chi connectivity index (χ2v) is 5.52. The number of carbonyl (C=O) groups excluding carboxylic acids is 1. The molecule has 1 aliphatic heterocycles. The lowest BCUT2D eigenvalue weighted by Crippen LogP contribution is -2.42. The molecule has 0 atom stereocenters. The van der Waals surface area contributed by atoms with Crippen molar-refractivity contribution in [2.24, 2.45) is 5.92 Å². The van der Waals surface area contributed by atoms with Gasteiger partial charge in [0, 0.05) is 19.2 Å². The molecule has 0 spiro atoms. The van der Waals surface area contributed by atoms with E-state index in [9.17, 15) is 14.0 Å². The first-order valence-electron chi connectivity index (χ1n) is 7.72. The minimum Gasteiger partial charge on any atom is -0.491 e. The summed E-state index contributed by atoms with van der Waals surface area (Å²) in [6.07, 6.45) is 1.64. The molecule has 1 heterocycles. The zero-order valence-corrected chi connectivity index (χ0v) is 13.0. The summed E-state index contributed by atoms with van der Waals surface area (Å²) in [5.41, 5.74) is 0.408. The molecule has 0 unspecified atom stereocenters. The number of amides is 2. The third-order valence-electron chi connectivity index (χ3n) is 3.78. The highest BCUT2D eigenvalue weighted by atomic mass is 19.1. The molecule has 0 bridgehead atoms. The predicted octanol–water partition coefficient (Wildman–Crippen LogP) is 2.94. The Kier molecular flexibility index (Phi) is 5.78. The zero-order chi connectivity index (χ0) is 16.8. The number of carboxylic acids is 1. The molecule has 2 rings (SSSR count). The van der Waals surface area contributed by atoms with Gasteiger partial charge in [-0.25, -0.2) is 9.18 Å². The van der Waals surface area contributed by atoms with E-state index in [0.717, 1.165) is 6.42 Å². The van der Waals surface area contributed by atoms with Crippen LogP contribution in [0.3, 0.4) is 0 Å². The van der Waals surface area contributed by atoms with Gasteiger partial charge in [-0.2, -0.15) is 0 Å². The van der Waals surface area contributed by atoms with E-state index in [1.807, 2.05) is 6.92 Å². The summed E-state index contributed by atoms with van der Waals surface area (Å²) in [5, 5.41) is 11.7. The number of benzene rings is 1. The molecule has 0 saturated carbocycles. The Morgan fingerprint density at radius 1 is 1.39 bits per heavy atom. The van der Waals surface area contributed by atoms with Crippen molar-refractivity contribution in [1.29, 1.82) is 0 Å². The Bertz CT molecular complexity index is 571.